The van der Waals surface area contributed by atoms with Crippen molar-refractivity contribution in [2.24, 2.45) is 4.99 Å². The third-order valence-electron chi connectivity index (χ3n) is 5.09. The lowest BCUT2D eigenvalue weighted by Crippen LogP contribution is -2.49. The Morgan fingerprint density at radius 1 is 1.20 bits per heavy atom. The van der Waals surface area contributed by atoms with E-state index in [1.807, 2.05) is 25.1 Å². The van der Waals surface area contributed by atoms with E-state index in [2.05, 4.69) is 27.3 Å². The molecule has 7 heteroatoms. The number of rotatable bonds is 2. The third kappa shape index (κ3) is 3.04. The van der Waals surface area contributed by atoms with Crippen molar-refractivity contribution in [3.05, 3.63) is 23.8 Å². The number of carbonyl (C=O) groups excluding carboxylic acids is 1. The summed E-state index contributed by atoms with van der Waals surface area (Å²) in [4.78, 5) is 21.3. The van der Waals surface area contributed by atoms with Gasteiger partial charge in [0.05, 0.1) is 0 Å². The van der Waals surface area contributed by atoms with Crippen molar-refractivity contribution in [1.82, 2.24) is 15.1 Å². The summed E-state index contributed by atoms with van der Waals surface area (Å²) >= 11 is 0. The SMILES string of the molecule is CN(C)C1=NC2(CCN(Cc3ccc4c(c3)OCCO4)CC2)C(=O)N1. The van der Waals surface area contributed by atoms with Crippen LogP contribution in [0.2, 0.25) is 0 Å². The standard InChI is InChI=1S/C18H24N4O3/c1-21(2)17-19-16(23)18(20-17)5-7-22(8-6-18)12-13-3-4-14-15(11-13)25-10-9-24-14/h3-4,11H,5-10,12H2,1-2H3,(H,19,20,23). The number of nitrogens with one attached hydrogen (secondary N) is 1. The van der Waals surface area contributed by atoms with E-state index in [0.29, 0.717) is 19.2 Å². The van der Waals surface area contributed by atoms with Gasteiger partial charge in [0.1, 0.15) is 18.8 Å². The van der Waals surface area contributed by atoms with Crippen LogP contribution in [0, 0.1) is 0 Å². The molecule has 0 unspecified atom stereocenters. The number of benzene rings is 1. The van der Waals surface area contributed by atoms with Gasteiger partial charge < -0.3 is 14.4 Å². The minimum Gasteiger partial charge on any atom is -0.486 e. The molecule has 1 amide bonds. The average molecular weight is 344 g/mol. The van der Waals surface area contributed by atoms with Gasteiger partial charge in [0.2, 0.25) is 5.96 Å². The molecule has 4 rings (SSSR count). The van der Waals surface area contributed by atoms with Gasteiger partial charge in [-0.1, -0.05) is 6.07 Å². The summed E-state index contributed by atoms with van der Waals surface area (Å²) in [5, 5.41) is 2.90. The van der Waals surface area contributed by atoms with Crippen LogP contribution in [-0.4, -0.2) is 67.6 Å². The van der Waals surface area contributed by atoms with Gasteiger partial charge in [-0.25, -0.2) is 4.99 Å². The van der Waals surface area contributed by atoms with Gasteiger partial charge in [-0.3, -0.25) is 15.0 Å². The number of amides is 1. The van der Waals surface area contributed by atoms with Gasteiger partial charge in [0.25, 0.3) is 5.91 Å². The van der Waals surface area contributed by atoms with Gasteiger partial charge in [0.15, 0.2) is 11.5 Å². The van der Waals surface area contributed by atoms with Crippen LogP contribution in [0.1, 0.15) is 18.4 Å². The number of carbonyl (C=O) groups is 1. The zero-order chi connectivity index (χ0) is 17.4. The Morgan fingerprint density at radius 3 is 2.60 bits per heavy atom. The predicted octanol–water partition coefficient (Wildman–Crippen LogP) is 0.840. The highest BCUT2D eigenvalue weighted by molar-refractivity contribution is 6.07. The summed E-state index contributed by atoms with van der Waals surface area (Å²) in [5.74, 6) is 2.36. The van der Waals surface area contributed by atoms with Crippen molar-refractivity contribution in [3.8, 4) is 11.5 Å². The van der Waals surface area contributed by atoms with Gasteiger partial charge >= 0.3 is 0 Å². The molecule has 1 N–H and O–H groups in total. The first-order valence-electron chi connectivity index (χ1n) is 8.75. The summed E-state index contributed by atoms with van der Waals surface area (Å²) in [7, 11) is 3.80. The van der Waals surface area contributed by atoms with Crippen LogP contribution in [0.15, 0.2) is 23.2 Å². The van der Waals surface area contributed by atoms with Crippen LogP contribution in [0.25, 0.3) is 0 Å². The molecule has 0 radical (unpaired) electrons. The highest BCUT2D eigenvalue weighted by Crippen LogP contribution is 2.33. The summed E-state index contributed by atoms with van der Waals surface area (Å²) in [6.45, 7) is 3.76. The number of fused-ring (bicyclic) bond motifs is 1. The first-order valence-corrected chi connectivity index (χ1v) is 8.75. The van der Waals surface area contributed by atoms with Gasteiger partial charge in [-0.15, -0.1) is 0 Å². The maximum atomic E-state index is 12.4. The van der Waals surface area contributed by atoms with Crippen LogP contribution in [0.5, 0.6) is 11.5 Å². The molecule has 0 atom stereocenters. The highest BCUT2D eigenvalue weighted by atomic mass is 16.6. The lowest BCUT2D eigenvalue weighted by molar-refractivity contribution is -0.125. The zero-order valence-corrected chi connectivity index (χ0v) is 14.7. The molecule has 3 aliphatic heterocycles. The summed E-state index contributed by atoms with van der Waals surface area (Å²) in [6, 6.07) is 6.12. The molecule has 1 saturated heterocycles. The number of aliphatic imine (C=N–C) groups is 1. The monoisotopic (exact) mass is 344 g/mol. The lowest BCUT2D eigenvalue weighted by atomic mass is 9.88. The van der Waals surface area contributed by atoms with E-state index in [9.17, 15) is 4.79 Å². The number of nitrogens with zero attached hydrogens (tertiary/aromatic N) is 3. The number of hydrogen-bond acceptors (Lipinski definition) is 6. The van der Waals surface area contributed by atoms with E-state index in [1.165, 1.54) is 5.56 Å². The Bertz CT molecular complexity index is 708. The van der Waals surface area contributed by atoms with Crippen LogP contribution in [0.4, 0.5) is 0 Å². The van der Waals surface area contributed by atoms with E-state index >= 15 is 0 Å². The Hall–Kier alpha value is -2.28. The molecule has 0 saturated carbocycles. The van der Waals surface area contributed by atoms with Crippen molar-refractivity contribution in [3.63, 3.8) is 0 Å². The number of piperidine rings is 1. The second kappa shape index (κ2) is 6.22. The predicted molar refractivity (Wildman–Crippen MR) is 93.9 cm³/mol. The second-order valence-electron chi connectivity index (χ2n) is 7.07. The van der Waals surface area contributed by atoms with Crippen LogP contribution in [0.3, 0.4) is 0 Å². The summed E-state index contributed by atoms with van der Waals surface area (Å²) in [5.41, 5.74) is 0.622. The average Bonchev–Trinajstić information content (AvgIpc) is 2.94. The quantitative estimate of drug-likeness (QED) is 0.861. The highest BCUT2D eigenvalue weighted by Gasteiger charge is 2.46. The van der Waals surface area contributed by atoms with Crippen molar-refractivity contribution >= 4 is 11.9 Å². The number of ether oxygens (including phenoxy) is 2. The minimum absolute atomic E-state index is 0.0372. The smallest absolute Gasteiger partial charge is 0.254 e. The molecule has 0 bridgehead atoms. The Labute approximate surface area is 147 Å². The van der Waals surface area contributed by atoms with Crippen molar-refractivity contribution < 1.29 is 14.3 Å². The Balaban J connectivity index is 1.40. The first-order chi connectivity index (χ1) is 12.1. The van der Waals surface area contributed by atoms with E-state index in [0.717, 1.165) is 44.0 Å². The maximum Gasteiger partial charge on any atom is 0.254 e. The molecule has 134 valence electrons. The molecular weight excluding hydrogens is 320 g/mol. The normalized spacial score (nSPS) is 21.8. The minimum atomic E-state index is -0.580. The van der Waals surface area contributed by atoms with E-state index in [4.69, 9.17) is 9.47 Å². The second-order valence-corrected chi connectivity index (χ2v) is 7.07. The molecule has 1 fully saturated rings. The fourth-order valence-corrected chi connectivity index (χ4v) is 3.58. The molecule has 0 aromatic heterocycles. The molecule has 1 aromatic carbocycles. The van der Waals surface area contributed by atoms with Crippen LogP contribution < -0.4 is 14.8 Å². The Morgan fingerprint density at radius 2 is 1.92 bits per heavy atom. The fourth-order valence-electron chi connectivity index (χ4n) is 3.58. The topological polar surface area (TPSA) is 66.4 Å². The fraction of sp³-hybridized carbons (Fsp3) is 0.556. The number of hydrogen-bond donors (Lipinski definition) is 1. The number of guanidine groups is 1. The van der Waals surface area contributed by atoms with Gasteiger partial charge in [0, 0.05) is 33.7 Å². The molecule has 3 aliphatic rings. The van der Waals surface area contributed by atoms with Crippen molar-refractivity contribution in [1.29, 1.82) is 0 Å². The van der Waals surface area contributed by atoms with Gasteiger partial charge in [-0.2, -0.15) is 0 Å². The summed E-state index contributed by atoms with van der Waals surface area (Å²) in [6.07, 6.45) is 1.50. The Kier molecular flexibility index (Phi) is 4.03. The van der Waals surface area contributed by atoms with Crippen molar-refractivity contribution in [2.45, 2.75) is 24.9 Å². The number of likely N-dealkylation sites (tertiary alicyclic amines) is 1. The molecule has 7 nitrogen and oxygen atoms in total. The van der Waals surface area contributed by atoms with Crippen LogP contribution >= 0.6 is 0 Å². The lowest BCUT2D eigenvalue weighted by Gasteiger charge is -2.35. The molecule has 1 aromatic rings. The molecular formula is C18H24N4O3. The third-order valence-corrected chi connectivity index (χ3v) is 5.09. The van der Waals surface area contributed by atoms with E-state index < -0.39 is 5.54 Å². The molecule has 1 spiro atoms. The van der Waals surface area contributed by atoms with Crippen molar-refractivity contribution in [2.75, 3.05) is 40.4 Å². The molecule has 3 heterocycles. The van der Waals surface area contributed by atoms with E-state index in [-0.39, 0.29) is 5.91 Å². The molecule has 0 aliphatic carbocycles. The summed E-state index contributed by atoms with van der Waals surface area (Å²) < 4.78 is 11.2. The largest absolute Gasteiger partial charge is 0.486 e. The maximum absolute atomic E-state index is 12.4. The first kappa shape index (κ1) is 16.2. The molecule has 25 heavy (non-hydrogen) atoms. The van der Waals surface area contributed by atoms with Crippen LogP contribution in [-0.2, 0) is 11.3 Å². The zero-order valence-electron chi connectivity index (χ0n) is 14.7. The van der Waals surface area contributed by atoms with Gasteiger partial charge in [-0.05, 0) is 30.5 Å². The van der Waals surface area contributed by atoms with E-state index in [1.54, 1.807) is 0 Å².